The van der Waals surface area contributed by atoms with Crippen LogP contribution in [0, 0.1) is 0 Å². The van der Waals surface area contributed by atoms with Crippen molar-refractivity contribution in [2.75, 3.05) is 58.9 Å². The number of thiophene rings is 1. The molecule has 29 heavy (non-hydrogen) atoms. The van der Waals surface area contributed by atoms with E-state index in [4.69, 9.17) is 0 Å². The van der Waals surface area contributed by atoms with Crippen molar-refractivity contribution in [1.82, 2.24) is 25.3 Å². The monoisotopic (exact) mass is 423 g/mol. The number of hydrogen-bond donors (Lipinski definition) is 2. The summed E-state index contributed by atoms with van der Waals surface area (Å²) >= 11 is 1.70. The topological polar surface area (TPSA) is 67.9 Å². The van der Waals surface area contributed by atoms with Gasteiger partial charge in [-0.05, 0) is 38.0 Å². The van der Waals surface area contributed by atoms with Crippen molar-refractivity contribution in [2.24, 2.45) is 0 Å². The number of carbonyl (C=O) groups excluding carboxylic acids is 2. The van der Waals surface area contributed by atoms with Crippen molar-refractivity contribution >= 4 is 23.2 Å². The van der Waals surface area contributed by atoms with Gasteiger partial charge in [0.1, 0.15) is 0 Å². The van der Waals surface area contributed by atoms with Crippen molar-refractivity contribution < 1.29 is 9.59 Å². The molecule has 2 atom stereocenters. The van der Waals surface area contributed by atoms with Gasteiger partial charge in [-0.3, -0.25) is 14.5 Å². The van der Waals surface area contributed by atoms with E-state index < -0.39 is 11.8 Å². The van der Waals surface area contributed by atoms with Crippen LogP contribution in [0.4, 0.5) is 0 Å². The number of likely N-dealkylation sites (N-methyl/N-ethyl adjacent to an activating group) is 2. The molecule has 2 amide bonds. The Morgan fingerprint density at radius 3 is 2.38 bits per heavy atom. The normalized spacial score (nSPS) is 17.8. The van der Waals surface area contributed by atoms with E-state index in [2.05, 4.69) is 57.6 Å². The number of hydrogen-bond acceptors (Lipinski definition) is 6. The van der Waals surface area contributed by atoms with Gasteiger partial charge in [-0.2, -0.15) is 0 Å². The number of nitrogens with zero attached hydrogens (tertiary/aromatic N) is 3. The third-order valence-corrected chi connectivity index (χ3v) is 6.67. The summed E-state index contributed by atoms with van der Waals surface area (Å²) in [4.78, 5) is 33.0. The SMILES string of the molecule is CCN(CC)CCNC(=O)C(=O)NC(C)C(c1cccs1)N1CCN(CC)CC1. The zero-order valence-corrected chi connectivity index (χ0v) is 19.1. The molecule has 0 radical (unpaired) electrons. The Balaban J connectivity index is 1.92. The first-order valence-electron chi connectivity index (χ1n) is 10.8. The predicted octanol–water partition coefficient (Wildman–Crippen LogP) is 1.39. The van der Waals surface area contributed by atoms with Gasteiger partial charge < -0.3 is 20.4 Å². The highest BCUT2D eigenvalue weighted by Crippen LogP contribution is 2.29. The molecule has 0 bridgehead atoms. The molecular weight excluding hydrogens is 386 g/mol. The molecular formula is C21H37N5O2S. The lowest BCUT2D eigenvalue weighted by Gasteiger charge is -2.41. The van der Waals surface area contributed by atoms with E-state index in [9.17, 15) is 9.59 Å². The molecule has 2 N–H and O–H groups in total. The lowest BCUT2D eigenvalue weighted by atomic mass is 10.0. The van der Waals surface area contributed by atoms with Crippen molar-refractivity contribution in [1.29, 1.82) is 0 Å². The van der Waals surface area contributed by atoms with Crippen LogP contribution in [0.3, 0.4) is 0 Å². The highest BCUT2D eigenvalue weighted by Gasteiger charge is 2.31. The third-order valence-electron chi connectivity index (χ3n) is 5.73. The van der Waals surface area contributed by atoms with Crippen molar-refractivity contribution in [3.8, 4) is 0 Å². The molecule has 1 aliphatic heterocycles. The van der Waals surface area contributed by atoms with E-state index in [1.807, 2.05) is 13.0 Å². The second kappa shape index (κ2) is 12.3. The zero-order chi connectivity index (χ0) is 21.2. The summed E-state index contributed by atoms with van der Waals surface area (Å²) in [7, 11) is 0. The minimum Gasteiger partial charge on any atom is -0.347 e. The summed E-state index contributed by atoms with van der Waals surface area (Å²) in [6, 6.07) is 4.10. The second-order valence-electron chi connectivity index (χ2n) is 7.48. The molecule has 1 aliphatic rings. The molecule has 0 spiro atoms. The fourth-order valence-corrected chi connectivity index (χ4v) is 4.82. The lowest BCUT2D eigenvalue weighted by Crippen LogP contribution is -2.53. The van der Waals surface area contributed by atoms with Crippen molar-refractivity contribution in [3.05, 3.63) is 22.4 Å². The van der Waals surface area contributed by atoms with E-state index >= 15 is 0 Å². The highest BCUT2D eigenvalue weighted by atomic mass is 32.1. The van der Waals surface area contributed by atoms with Gasteiger partial charge in [0.15, 0.2) is 0 Å². The summed E-state index contributed by atoms with van der Waals surface area (Å²) in [5, 5.41) is 7.76. The minimum atomic E-state index is -0.551. The molecule has 8 heteroatoms. The maximum atomic E-state index is 12.5. The number of rotatable bonds is 10. The average molecular weight is 424 g/mol. The predicted molar refractivity (Wildman–Crippen MR) is 119 cm³/mol. The largest absolute Gasteiger partial charge is 0.347 e. The summed E-state index contributed by atoms with van der Waals surface area (Å²) in [6.07, 6.45) is 0. The van der Waals surface area contributed by atoms with Crippen molar-refractivity contribution in [3.63, 3.8) is 0 Å². The smallest absolute Gasteiger partial charge is 0.309 e. The Bertz CT molecular complexity index is 613. The fourth-order valence-electron chi connectivity index (χ4n) is 3.86. The molecule has 1 aromatic rings. The molecule has 164 valence electrons. The molecule has 1 saturated heterocycles. The maximum absolute atomic E-state index is 12.5. The van der Waals surface area contributed by atoms with Gasteiger partial charge in [-0.25, -0.2) is 0 Å². The molecule has 2 rings (SSSR count). The number of carbonyl (C=O) groups is 2. The van der Waals surface area contributed by atoms with Crippen LogP contribution in [0.25, 0.3) is 0 Å². The quantitative estimate of drug-likeness (QED) is 0.557. The lowest BCUT2D eigenvalue weighted by molar-refractivity contribution is -0.139. The van der Waals surface area contributed by atoms with Gasteiger partial charge in [0.25, 0.3) is 0 Å². The minimum absolute atomic E-state index is 0.0847. The first-order chi connectivity index (χ1) is 14.0. The number of nitrogens with one attached hydrogen (secondary N) is 2. The first kappa shape index (κ1) is 23.8. The summed E-state index contributed by atoms with van der Waals surface area (Å²) in [5.74, 6) is -1.10. The van der Waals surface area contributed by atoms with E-state index in [1.54, 1.807) is 11.3 Å². The molecule has 0 aromatic carbocycles. The van der Waals surface area contributed by atoms with Gasteiger partial charge in [0.05, 0.1) is 6.04 Å². The average Bonchev–Trinajstić information content (AvgIpc) is 3.26. The molecule has 0 aliphatic carbocycles. The Morgan fingerprint density at radius 1 is 1.14 bits per heavy atom. The number of piperazine rings is 1. The van der Waals surface area contributed by atoms with E-state index in [0.29, 0.717) is 6.54 Å². The summed E-state index contributed by atoms with van der Waals surface area (Å²) < 4.78 is 0. The zero-order valence-electron chi connectivity index (χ0n) is 18.3. The van der Waals surface area contributed by atoms with Gasteiger partial charge >= 0.3 is 11.8 Å². The summed E-state index contributed by atoms with van der Waals surface area (Å²) in [5.41, 5.74) is 0. The second-order valence-corrected chi connectivity index (χ2v) is 8.45. The van der Waals surface area contributed by atoms with Gasteiger partial charge in [0, 0.05) is 50.2 Å². The first-order valence-corrected chi connectivity index (χ1v) is 11.7. The molecule has 7 nitrogen and oxygen atoms in total. The standard InChI is InChI=1S/C21H37N5O2S/c1-5-24(6-2)11-10-22-20(27)21(28)23-17(4)19(18-9-8-16-29-18)26-14-12-25(7-3)13-15-26/h8-9,16-17,19H,5-7,10-15H2,1-4H3,(H,22,27)(H,23,28). The van der Waals surface area contributed by atoms with Crippen LogP contribution in [0.1, 0.15) is 38.6 Å². The van der Waals surface area contributed by atoms with E-state index in [1.165, 1.54) is 4.88 Å². The summed E-state index contributed by atoms with van der Waals surface area (Å²) in [6.45, 7) is 16.5. The van der Waals surface area contributed by atoms with Crippen LogP contribution in [-0.4, -0.2) is 91.5 Å². The Hall–Kier alpha value is -1.48. The van der Waals surface area contributed by atoms with Crippen LogP contribution in [0.2, 0.25) is 0 Å². The van der Waals surface area contributed by atoms with Crippen LogP contribution in [-0.2, 0) is 9.59 Å². The van der Waals surface area contributed by atoms with Gasteiger partial charge in [-0.15, -0.1) is 11.3 Å². The van der Waals surface area contributed by atoms with Crippen LogP contribution in [0.15, 0.2) is 17.5 Å². The third kappa shape index (κ3) is 7.06. The van der Waals surface area contributed by atoms with Crippen LogP contribution < -0.4 is 10.6 Å². The highest BCUT2D eigenvalue weighted by molar-refractivity contribution is 7.10. The Kier molecular flexibility index (Phi) is 10.1. The van der Waals surface area contributed by atoms with Gasteiger partial charge in [0.2, 0.25) is 0 Å². The molecule has 2 heterocycles. The van der Waals surface area contributed by atoms with Crippen LogP contribution >= 0.6 is 11.3 Å². The van der Waals surface area contributed by atoms with Gasteiger partial charge in [-0.1, -0.05) is 26.8 Å². The number of amides is 2. The van der Waals surface area contributed by atoms with E-state index in [-0.39, 0.29) is 12.1 Å². The van der Waals surface area contributed by atoms with Crippen molar-refractivity contribution in [2.45, 2.75) is 39.8 Å². The molecule has 1 fully saturated rings. The van der Waals surface area contributed by atoms with Crippen LogP contribution in [0.5, 0.6) is 0 Å². The Morgan fingerprint density at radius 2 is 1.83 bits per heavy atom. The fraction of sp³-hybridized carbons (Fsp3) is 0.714. The Labute approximate surface area is 179 Å². The van der Waals surface area contributed by atoms with E-state index in [0.717, 1.165) is 52.4 Å². The maximum Gasteiger partial charge on any atom is 0.309 e. The molecule has 1 aromatic heterocycles. The molecule has 2 unspecified atom stereocenters. The molecule has 0 saturated carbocycles.